The maximum absolute atomic E-state index is 13.9. The second kappa shape index (κ2) is 7.77. The second-order valence-corrected chi connectivity index (χ2v) is 7.75. The highest BCUT2D eigenvalue weighted by Gasteiger charge is 2.59. The van der Waals surface area contributed by atoms with Gasteiger partial charge in [0, 0.05) is 29.7 Å². The largest absolute Gasteiger partial charge is 0.483 e. The van der Waals surface area contributed by atoms with Gasteiger partial charge < -0.3 is 9.64 Å². The number of hydroxylamine groups is 2. The Labute approximate surface area is 175 Å². The predicted molar refractivity (Wildman–Crippen MR) is 98.7 cm³/mol. The Bertz CT molecular complexity index is 913. The third-order valence-corrected chi connectivity index (χ3v) is 5.34. The van der Waals surface area contributed by atoms with Crippen LogP contribution in [-0.2, 0) is 20.3 Å². The lowest BCUT2D eigenvalue weighted by atomic mass is 9.88. The van der Waals surface area contributed by atoms with Crippen LogP contribution < -0.4 is 4.74 Å². The Morgan fingerprint density at radius 1 is 1.26 bits per heavy atom. The summed E-state index contributed by atoms with van der Waals surface area (Å²) < 4.78 is 72.1. The van der Waals surface area contributed by atoms with Crippen molar-refractivity contribution in [3.05, 3.63) is 34.9 Å². The fourth-order valence-corrected chi connectivity index (χ4v) is 3.74. The number of carbonyl (C=O) groups excluding carboxylic acids is 2. The molecule has 0 aliphatic carbocycles. The maximum atomic E-state index is 13.9. The molecule has 0 radical (unpaired) electrons. The zero-order valence-electron chi connectivity index (χ0n) is 17.0. The molecule has 11 heteroatoms. The van der Waals surface area contributed by atoms with Crippen molar-refractivity contribution >= 4 is 18.4 Å². The van der Waals surface area contributed by atoms with Gasteiger partial charge in [-0.1, -0.05) is 0 Å². The average molecular weight is 448 g/mol. The molecule has 0 aromatic heterocycles. The SMILES string of the molecule is CON(C=O)C(C1=Cc2cc(C(F)(F)C(F)(F)F)ccc2OC1(C)C)N1CCCC1=O. The molecule has 6 nitrogen and oxygen atoms in total. The lowest BCUT2D eigenvalue weighted by Crippen LogP contribution is -2.54. The minimum absolute atomic E-state index is 0.0330. The number of ether oxygens (including phenoxy) is 1. The molecular formula is C20H21F5N2O4. The van der Waals surface area contributed by atoms with Crippen LogP contribution in [0, 0.1) is 0 Å². The van der Waals surface area contributed by atoms with Crippen LogP contribution in [0.2, 0.25) is 0 Å². The molecular weight excluding hydrogens is 427 g/mol. The zero-order chi connectivity index (χ0) is 23.2. The number of benzene rings is 1. The van der Waals surface area contributed by atoms with Crippen LogP contribution in [0.3, 0.4) is 0 Å². The molecule has 2 heterocycles. The van der Waals surface area contributed by atoms with Gasteiger partial charge in [0.05, 0.1) is 7.11 Å². The van der Waals surface area contributed by atoms with E-state index < -0.39 is 29.4 Å². The molecule has 1 aromatic carbocycles. The lowest BCUT2D eigenvalue weighted by Gasteiger charge is -2.43. The van der Waals surface area contributed by atoms with Crippen LogP contribution in [-0.4, -0.2) is 53.9 Å². The van der Waals surface area contributed by atoms with Gasteiger partial charge >= 0.3 is 12.1 Å². The summed E-state index contributed by atoms with van der Waals surface area (Å²) in [5.41, 5.74) is -2.12. The number of fused-ring (bicyclic) bond motifs is 1. The molecule has 0 spiro atoms. The first-order valence-electron chi connectivity index (χ1n) is 9.41. The molecule has 170 valence electrons. The lowest BCUT2D eigenvalue weighted by molar-refractivity contribution is -0.289. The Morgan fingerprint density at radius 2 is 1.94 bits per heavy atom. The standard InChI is InChI=1S/C20H21F5N2O4/c1-18(2)14(17(27(11-28)30-3)26-8-4-5-16(26)29)10-12-9-13(6-7-15(12)31-18)19(21,22)20(23,24)25/h6-7,9-11,17H,4-5,8H2,1-3H3. The molecule has 3 rings (SSSR count). The Morgan fingerprint density at radius 3 is 2.45 bits per heavy atom. The van der Waals surface area contributed by atoms with E-state index in [1.54, 1.807) is 13.8 Å². The Balaban J connectivity index is 2.15. The normalized spacial score (nSPS) is 19.4. The van der Waals surface area contributed by atoms with Crippen molar-refractivity contribution in [2.75, 3.05) is 13.7 Å². The van der Waals surface area contributed by atoms with E-state index >= 15 is 0 Å². The number of hydrogen-bond donors (Lipinski definition) is 0. The number of amides is 2. The van der Waals surface area contributed by atoms with E-state index in [9.17, 15) is 31.5 Å². The summed E-state index contributed by atoms with van der Waals surface area (Å²) >= 11 is 0. The molecule has 2 amide bonds. The van der Waals surface area contributed by atoms with E-state index in [2.05, 4.69) is 0 Å². The third-order valence-electron chi connectivity index (χ3n) is 5.34. The monoisotopic (exact) mass is 448 g/mol. The number of halogens is 5. The summed E-state index contributed by atoms with van der Waals surface area (Å²) in [7, 11) is 1.22. The smallest absolute Gasteiger partial charge is 0.458 e. The summed E-state index contributed by atoms with van der Waals surface area (Å²) in [6.07, 6.45) is -4.32. The van der Waals surface area contributed by atoms with Crippen LogP contribution in [0.1, 0.15) is 37.8 Å². The molecule has 1 fully saturated rings. The van der Waals surface area contributed by atoms with Gasteiger partial charge in [-0.05, 0) is 44.5 Å². The first kappa shape index (κ1) is 23.0. The quantitative estimate of drug-likeness (QED) is 0.377. The number of nitrogens with zero attached hydrogens (tertiary/aromatic N) is 2. The van der Waals surface area contributed by atoms with Crippen LogP contribution >= 0.6 is 0 Å². The van der Waals surface area contributed by atoms with Crippen molar-refractivity contribution in [3.8, 4) is 5.75 Å². The van der Waals surface area contributed by atoms with Crippen molar-refractivity contribution in [2.45, 2.75) is 50.6 Å². The number of carbonyl (C=O) groups is 2. The highest BCUT2D eigenvalue weighted by molar-refractivity contribution is 5.80. The number of rotatable bonds is 6. The fourth-order valence-electron chi connectivity index (χ4n) is 3.74. The fraction of sp³-hybridized carbons (Fsp3) is 0.500. The highest BCUT2D eigenvalue weighted by Crippen LogP contribution is 2.46. The van der Waals surface area contributed by atoms with E-state index in [1.807, 2.05) is 0 Å². The molecule has 31 heavy (non-hydrogen) atoms. The van der Waals surface area contributed by atoms with Gasteiger partial charge in [0.15, 0.2) is 6.17 Å². The summed E-state index contributed by atoms with van der Waals surface area (Å²) in [5, 5.41) is 0.874. The van der Waals surface area contributed by atoms with E-state index in [-0.39, 0.29) is 29.2 Å². The second-order valence-electron chi connectivity index (χ2n) is 7.75. The first-order valence-corrected chi connectivity index (χ1v) is 9.41. The molecule has 1 saturated heterocycles. The minimum Gasteiger partial charge on any atom is -0.483 e. The molecule has 1 unspecified atom stereocenters. The molecule has 2 aliphatic rings. The van der Waals surface area contributed by atoms with Crippen molar-refractivity contribution < 1.29 is 41.1 Å². The van der Waals surface area contributed by atoms with E-state index in [0.717, 1.165) is 11.1 Å². The topological polar surface area (TPSA) is 59.1 Å². The predicted octanol–water partition coefficient (Wildman–Crippen LogP) is 3.86. The van der Waals surface area contributed by atoms with E-state index in [4.69, 9.17) is 9.57 Å². The van der Waals surface area contributed by atoms with Gasteiger partial charge in [-0.2, -0.15) is 27.0 Å². The number of alkyl halides is 5. The molecule has 2 aliphatic heterocycles. The molecule has 0 N–H and O–H groups in total. The summed E-state index contributed by atoms with van der Waals surface area (Å²) in [4.78, 5) is 30.5. The summed E-state index contributed by atoms with van der Waals surface area (Å²) in [6, 6.07) is 2.40. The van der Waals surface area contributed by atoms with Crippen molar-refractivity contribution in [2.24, 2.45) is 0 Å². The van der Waals surface area contributed by atoms with Gasteiger partial charge in [0.2, 0.25) is 12.3 Å². The average Bonchev–Trinajstić information content (AvgIpc) is 3.09. The van der Waals surface area contributed by atoms with Gasteiger partial charge in [-0.15, -0.1) is 0 Å². The maximum Gasteiger partial charge on any atom is 0.458 e. The summed E-state index contributed by atoms with van der Waals surface area (Å²) in [5.74, 6) is -5.22. The minimum atomic E-state index is -5.77. The number of likely N-dealkylation sites (tertiary alicyclic amines) is 1. The van der Waals surface area contributed by atoms with Crippen LogP contribution in [0.5, 0.6) is 5.75 Å². The molecule has 1 aromatic rings. The third kappa shape index (κ3) is 3.98. The summed E-state index contributed by atoms with van der Waals surface area (Å²) in [6.45, 7) is 3.57. The van der Waals surface area contributed by atoms with Crippen molar-refractivity contribution in [1.29, 1.82) is 0 Å². The molecule has 0 saturated carbocycles. The Kier molecular flexibility index (Phi) is 5.76. The van der Waals surface area contributed by atoms with Crippen molar-refractivity contribution in [3.63, 3.8) is 0 Å². The van der Waals surface area contributed by atoms with E-state index in [1.165, 1.54) is 18.1 Å². The van der Waals surface area contributed by atoms with Crippen LogP contribution in [0.25, 0.3) is 6.08 Å². The van der Waals surface area contributed by atoms with Gasteiger partial charge in [0.25, 0.3) is 0 Å². The van der Waals surface area contributed by atoms with Gasteiger partial charge in [-0.3, -0.25) is 14.4 Å². The van der Waals surface area contributed by atoms with E-state index in [0.29, 0.717) is 31.5 Å². The van der Waals surface area contributed by atoms with Gasteiger partial charge in [0.1, 0.15) is 11.4 Å². The first-order chi connectivity index (χ1) is 14.3. The van der Waals surface area contributed by atoms with Gasteiger partial charge in [-0.25, -0.2) is 0 Å². The zero-order valence-corrected chi connectivity index (χ0v) is 17.0. The molecule has 1 atom stereocenters. The van der Waals surface area contributed by atoms with Crippen molar-refractivity contribution in [1.82, 2.24) is 9.96 Å². The van der Waals surface area contributed by atoms with Crippen LogP contribution in [0.15, 0.2) is 23.8 Å². The van der Waals surface area contributed by atoms with Crippen LogP contribution in [0.4, 0.5) is 22.0 Å². The Hall–Kier alpha value is -2.69. The number of hydrogen-bond acceptors (Lipinski definition) is 4. The highest BCUT2D eigenvalue weighted by atomic mass is 19.4. The molecule has 0 bridgehead atoms.